The van der Waals surface area contributed by atoms with Gasteiger partial charge in [-0.3, -0.25) is 0 Å². The second-order valence-electron chi connectivity index (χ2n) is 5.05. The highest BCUT2D eigenvalue weighted by molar-refractivity contribution is 5.79. The first-order chi connectivity index (χ1) is 10.1. The molecule has 21 heavy (non-hydrogen) atoms. The van der Waals surface area contributed by atoms with E-state index in [2.05, 4.69) is 5.32 Å². The Bertz CT molecular complexity index is 774. The summed E-state index contributed by atoms with van der Waals surface area (Å²) in [6.45, 7) is 1.98. The SMILES string of the molecule is CNC(c1cc2cc(C)ccc2o1)c1c(F)cccc1F. The van der Waals surface area contributed by atoms with Crippen molar-refractivity contribution in [2.24, 2.45) is 0 Å². The van der Waals surface area contributed by atoms with Gasteiger partial charge < -0.3 is 9.73 Å². The molecule has 0 bridgehead atoms. The Kier molecular flexibility index (Phi) is 3.47. The third-order valence-corrected chi connectivity index (χ3v) is 3.55. The van der Waals surface area contributed by atoms with Crippen LogP contribution in [0.1, 0.15) is 22.9 Å². The van der Waals surface area contributed by atoms with Gasteiger partial charge in [0.15, 0.2) is 0 Å². The molecule has 0 aliphatic carbocycles. The van der Waals surface area contributed by atoms with E-state index in [1.165, 1.54) is 18.2 Å². The van der Waals surface area contributed by atoms with E-state index >= 15 is 0 Å². The fourth-order valence-corrected chi connectivity index (χ4v) is 2.54. The van der Waals surface area contributed by atoms with Gasteiger partial charge in [0.25, 0.3) is 0 Å². The van der Waals surface area contributed by atoms with E-state index in [1.54, 1.807) is 7.05 Å². The minimum Gasteiger partial charge on any atom is -0.459 e. The van der Waals surface area contributed by atoms with Gasteiger partial charge in [-0.05, 0) is 44.3 Å². The van der Waals surface area contributed by atoms with Gasteiger partial charge in [0.05, 0.1) is 6.04 Å². The van der Waals surface area contributed by atoms with E-state index in [1.807, 2.05) is 31.2 Å². The summed E-state index contributed by atoms with van der Waals surface area (Å²) in [6, 6.07) is 10.8. The number of aryl methyl sites for hydroxylation is 1. The monoisotopic (exact) mass is 287 g/mol. The minimum atomic E-state index is -0.668. The van der Waals surface area contributed by atoms with E-state index in [9.17, 15) is 8.78 Å². The van der Waals surface area contributed by atoms with Crippen molar-refractivity contribution in [3.05, 3.63) is 71.0 Å². The highest BCUT2D eigenvalue weighted by Gasteiger charge is 2.23. The zero-order chi connectivity index (χ0) is 15.0. The zero-order valence-electron chi connectivity index (χ0n) is 11.8. The van der Waals surface area contributed by atoms with Crippen LogP contribution in [0.4, 0.5) is 8.78 Å². The van der Waals surface area contributed by atoms with Crippen molar-refractivity contribution < 1.29 is 13.2 Å². The van der Waals surface area contributed by atoms with Crippen LogP contribution >= 0.6 is 0 Å². The molecule has 1 atom stereocenters. The van der Waals surface area contributed by atoms with E-state index in [0.717, 1.165) is 10.9 Å². The third-order valence-electron chi connectivity index (χ3n) is 3.55. The Morgan fingerprint density at radius 1 is 1.05 bits per heavy atom. The van der Waals surface area contributed by atoms with Gasteiger partial charge in [-0.2, -0.15) is 0 Å². The molecule has 1 N–H and O–H groups in total. The summed E-state index contributed by atoms with van der Waals surface area (Å²) in [5.74, 6) is -0.695. The Morgan fingerprint density at radius 3 is 2.43 bits per heavy atom. The number of hydrogen-bond donors (Lipinski definition) is 1. The van der Waals surface area contributed by atoms with Crippen molar-refractivity contribution in [1.82, 2.24) is 5.32 Å². The zero-order valence-corrected chi connectivity index (χ0v) is 11.8. The predicted molar refractivity (Wildman–Crippen MR) is 78.2 cm³/mol. The summed E-state index contributed by atoms with van der Waals surface area (Å²) >= 11 is 0. The maximum absolute atomic E-state index is 14.0. The third kappa shape index (κ3) is 2.43. The lowest BCUT2D eigenvalue weighted by Gasteiger charge is -2.15. The second kappa shape index (κ2) is 5.30. The van der Waals surface area contributed by atoms with Gasteiger partial charge in [0.2, 0.25) is 0 Å². The van der Waals surface area contributed by atoms with E-state index in [0.29, 0.717) is 11.3 Å². The molecule has 0 saturated carbocycles. The number of nitrogens with one attached hydrogen (secondary N) is 1. The smallest absolute Gasteiger partial charge is 0.134 e. The van der Waals surface area contributed by atoms with E-state index in [-0.39, 0.29) is 5.56 Å². The van der Waals surface area contributed by atoms with Gasteiger partial charge in [-0.1, -0.05) is 17.7 Å². The summed E-state index contributed by atoms with van der Waals surface area (Å²) < 4.78 is 33.7. The number of hydrogen-bond acceptors (Lipinski definition) is 2. The number of furan rings is 1. The van der Waals surface area contributed by atoms with E-state index < -0.39 is 17.7 Å². The molecule has 3 rings (SSSR count). The lowest BCUT2D eigenvalue weighted by atomic mass is 10.0. The molecule has 0 saturated heterocycles. The van der Waals surface area contributed by atoms with Crippen molar-refractivity contribution in [3.8, 4) is 0 Å². The Labute approximate surface area is 121 Å². The van der Waals surface area contributed by atoms with Crippen molar-refractivity contribution in [3.63, 3.8) is 0 Å². The molecule has 4 heteroatoms. The fraction of sp³-hybridized carbons (Fsp3) is 0.176. The quantitative estimate of drug-likeness (QED) is 0.775. The molecular weight excluding hydrogens is 272 g/mol. The molecule has 1 heterocycles. The van der Waals surface area contributed by atoms with Gasteiger partial charge in [0.1, 0.15) is 23.0 Å². The average Bonchev–Trinajstić information content (AvgIpc) is 2.85. The molecule has 1 aromatic heterocycles. The van der Waals surface area contributed by atoms with Crippen molar-refractivity contribution in [1.29, 1.82) is 0 Å². The standard InChI is InChI=1S/C17H15F2NO/c1-10-6-7-14-11(8-10)9-15(21-14)17(20-2)16-12(18)4-3-5-13(16)19/h3-9,17,20H,1-2H3. The largest absolute Gasteiger partial charge is 0.459 e. The van der Waals surface area contributed by atoms with Crippen LogP contribution in [-0.2, 0) is 0 Å². The molecule has 0 amide bonds. The van der Waals surface area contributed by atoms with E-state index in [4.69, 9.17) is 4.42 Å². The molecule has 0 aliphatic heterocycles. The summed E-state index contributed by atoms with van der Waals surface area (Å²) in [7, 11) is 1.65. The van der Waals surface area contributed by atoms with Crippen LogP contribution in [0.15, 0.2) is 46.9 Å². The Balaban J connectivity index is 2.14. The van der Waals surface area contributed by atoms with Crippen LogP contribution in [0.2, 0.25) is 0 Å². The summed E-state index contributed by atoms with van der Waals surface area (Å²) in [6.07, 6.45) is 0. The first-order valence-electron chi connectivity index (χ1n) is 6.71. The Hall–Kier alpha value is -2.20. The summed E-state index contributed by atoms with van der Waals surface area (Å²) in [5.41, 5.74) is 1.77. The van der Waals surface area contributed by atoms with Crippen LogP contribution < -0.4 is 5.32 Å². The molecule has 0 aliphatic rings. The maximum Gasteiger partial charge on any atom is 0.134 e. The van der Waals surface area contributed by atoms with Gasteiger partial charge in [0, 0.05) is 10.9 Å². The topological polar surface area (TPSA) is 25.2 Å². The molecule has 2 aromatic carbocycles. The van der Waals surface area contributed by atoms with Gasteiger partial charge in [-0.15, -0.1) is 0 Å². The highest BCUT2D eigenvalue weighted by atomic mass is 19.1. The molecule has 3 aromatic rings. The van der Waals surface area contributed by atoms with Crippen LogP contribution in [0.5, 0.6) is 0 Å². The van der Waals surface area contributed by atoms with Crippen molar-refractivity contribution in [2.75, 3.05) is 7.05 Å². The molecule has 2 nitrogen and oxygen atoms in total. The minimum absolute atomic E-state index is 0.0317. The Morgan fingerprint density at radius 2 is 1.76 bits per heavy atom. The van der Waals surface area contributed by atoms with Crippen LogP contribution in [-0.4, -0.2) is 7.05 Å². The van der Waals surface area contributed by atoms with Gasteiger partial charge in [-0.25, -0.2) is 8.78 Å². The fourth-order valence-electron chi connectivity index (χ4n) is 2.54. The second-order valence-corrected chi connectivity index (χ2v) is 5.05. The molecule has 0 fully saturated rings. The summed E-state index contributed by atoms with van der Waals surface area (Å²) in [5, 5.41) is 3.84. The normalized spacial score (nSPS) is 12.8. The number of rotatable bonds is 3. The van der Waals surface area contributed by atoms with Crippen molar-refractivity contribution >= 4 is 11.0 Å². The van der Waals surface area contributed by atoms with Crippen molar-refractivity contribution in [2.45, 2.75) is 13.0 Å². The van der Waals surface area contributed by atoms with Crippen LogP contribution in [0.25, 0.3) is 11.0 Å². The molecule has 108 valence electrons. The lowest BCUT2D eigenvalue weighted by molar-refractivity contribution is 0.456. The maximum atomic E-state index is 14.0. The lowest BCUT2D eigenvalue weighted by Crippen LogP contribution is -2.19. The first-order valence-corrected chi connectivity index (χ1v) is 6.71. The van der Waals surface area contributed by atoms with Crippen LogP contribution in [0, 0.1) is 18.6 Å². The number of halogens is 2. The molecule has 0 radical (unpaired) electrons. The number of fused-ring (bicyclic) bond motifs is 1. The molecule has 1 unspecified atom stereocenters. The highest BCUT2D eigenvalue weighted by Crippen LogP contribution is 2.31. The summed E-state index contributed by atoms with van der Waals surface area (Å²) in [4.78, 5) is 0. The predicted octanol–water partition coefficient (Wildman–Crippen LogP) is 4.33. The first kappa shape index (κ1) is 13.8. The molecule has 0 spiro atoms. The average molecular weight is 287 g/mol. The molecular formula is C17H15F2NO. The number of benzene rings is 2. The van der Waals surface area contributed by atoms with Crippen LogP contribution in [0.3, 0.4) is 0 Å². The van der Waals surface area contributed by atoms with Gasteiger partial charge >= 0.3 is 0 Å².